The standard InChI is InChI=1S/C21H24F3N3O5/c1-26-12-17(25-13-26)19(28)27(15-6-8-31-9-7-15)18(20(29)30-2)11-14-4-3-5-16(10-14)32-21(22,23)24/h3-5,10,12-13,15,18H,6-9,11H2,1-2H3. The lowest BCUT2D eigenvalue weighted by Crippen LogP contribution is -2.53. The first-order valence-corrected chi connectivity index (χ1v) is 9.99. The number of nitrogens with zero attached hydrogens (tertiary/aromatic N) is 3. The van der Waals surface area contributed by atoms with Crippen LogP contribution in [0.1, 0.15) is 28.9 Å². The predicted molar refractivity (Wildman–Crippen MR) is 106 cm³/mol. The predicted octanol–water partition coefficient (Wildman–Crippen LogP) is 2.72. The van der Waals surface area contributed by atoms with Gasteiger partial charge in [-0.2, -0.15) is 0 Å². The summed E-state index contributed by atoms with van der Waals surface area (Å²) in [6.45, 7) is 0.832. The van der Waals surface area contributed by atoms with Gasteiger partial charge in [0.05, 0.1) is 13.4 Å². The molecular weight excluding hydrogens is 431 g/mol. The van der Waals surface area contributed by atoms with Crippen molar-refractivity contribution in [1.82, 2.24) is 14.5 Å². The van der Waals surface area contributed by atoms with Crippen molar-refractivity contribution in [1.29, 1.82) is 0 Å². The van der Waals surface area contributed by atoms with Gasteiger partial charge < -0.3 is 23.7 Å². The largest absolute Gasteiger partial charge is 0.573 e. The smallest absolute Gasteiger partial charge is 0.467 e. The molecule has 0 radical (unpaired) electrons. The molecule has 3 rings (SSSR count). The van der Waals surface area contributed by atoms with Crippen molar-refractivity contribution in [3.63, 3.8) is 0 Å². The number of carbonyl (C=O) groups is 2. The molecule has 1 saturated heterocycles. The van der Waals surface area contributed by atoms with Crippen LogP contribution < -0.4 is 4.74 Å². The number of rotatable bonds is 7. The zero-order valence-corrected chi connectivity index (χ0v) is 17.7. The molecule has 1 aliphatic heterocycles. The van der Waals surface area contributed by atoms with Crippen LogP contribution in [0.3, 0.4) is 0 Å². The molecule has 0 spiro atoms. The molecule has 32 heavy (non-hydrogen) atoms. The van der Waals surface area contributed by atoms with Gasteiger partial charge in [-0.15, -0.1) is 13.2 Å². The van der Waals surface area contributed by atoms with Crippen molar-refractivity contribution in [3.8, 4) is 5.75 Å². The normalized spacial score (nSPS) is 15.8. The van der Waals surface area contributed by atoms with Crippen LogP contribution in [0.4, 0.5) is 13.2 Å². The van der Waals surface area contributed by atoms with Crippen LogP contribution in [0.5, 0.6) is 5.75 Å². The molecule has 0 N–H and O–H groups in total. The number of amides is 1. The number of benzene rings is 1. The number of aryl methyl sites for hydroxylation is 1. The van der Waals surface area contributed by atoms with Gasteiger partial charge in [-0.25, -0.2) is 9.78 Å². The highest BCUT2D eigenvalue weighted by molar-refractivity contribution is 5.95. The van der Waals surface area contributed by atoms with Gasteiger partial charge in [0.1, 0.15) is 17.5 Å². The van der Waals surface area contributed by atoms with Gasteiger partial charge in [0.15, 0.2) is 0 Å². The Morgan fingerprint density at radius 3 is 2.62 bits per heavy atom. The molecule has 1 fully saturated rings. The number of esters is 1. The molecule has 1 amide bonds. The first kappa shape index (κ1) is 23.6. The number of carbonyl (C=O) groups excluding carboxylic acids is 2. The van der Waals surface area contributed by atoms with Crippen LogP contribution in [-0.2, 0) is 27.7 Å². The minimum atomic E-state index is -4.84. The zero-order valence-electron chi connectivity index (χ0n) is 17.7. The van der Waals surface area contributed by atoms with Crippen LogP contribution in [0.25, 0.3) is 0 Å². The van der Waals surface area contributed by atoms with Crippen molar-refractivity contribution >= 4 is 11.9 Å². The molecular formula is C21H24F3N3O5. The third kappa shape index (κ3) is 6.00. The summed E-state index contributed by atoms with van der Waals surface area (Å²) in [5.41, 5.74) is 0.537. The quantitative estimate of drug-likeness (QED) is 0.597. The summed E-state index contributed by atoms with van der Waals surface area (Å²) in [6, 6.07) is 3.92. The Labute approximate surface area is 182 Å². The summed E-state index contributed by atoms with van der Waals surface area (Å²) in [5, 5.41) is 0. The van der Waals surface area contributed by atoms with Gasteiger partial charge in [-0.05, 0) is 30.5 Å². The average Bonchev–Trinajstić information content (AvgIpc) is 3.19. The number of aromatic nitrogens is 2. The Balaban J connectivity index is 1.95. The number of ether oxygens (including phenoxy) is 3. The van der Waals surface area contributed by atoms with Crippen molar-refractivity contribution in [2.75, 3.05) is 20.3 Å². The summed E-state index contributed by atoms with van der Waals surface area (Å²) in [6.07, 6.45) is -0.880. The Kier molecular flexibility index (Phi) is 7.39. The van der Waals surface area contributed by atoms with Gasteiger partial charge in [-0.3, -0.25) is 4.79 Å². The second kappa shape index (κ2) is 10.0. The van der Waals surface area contributed by atoms with E-state index in [9.17, 15) is 22.8 Å². The maximum atomic E-state index is 13.4. The van der Waals surface area contributed by atoms with Crippen LogP contribution >= 0.6 is 0 Å². The molecule has 0 saturated carbocycles. The first-order valence-electron chi connectivity index (χ1n) is 9.99. The number of alkyl halides is 3. The SMILES string of the molecule is COC(=O)C(Cc1cccc(OC(F)(F)F)c1)N(C(=O)c1cn(C)cn1)C1CCOCC1. The Bertz CT molecular complexity index is 941. The average molecular weight is 455 g/mol. The molecule has 8 nitrogen and oxygen atoms in total. The minimum absolute atomic E-state index is 0.0579. The van der Waals surface area contributed by atoms with E-state index in [-0.39, 0.29) is 18.2 Å². The second-order valence-corrected chi connectivity index (χ2v) is 7.42. The van der Waals surface area contributed by atoms with Gasteiger partial charge in [-0.1, -0.05) is 12.1 Å². The van der Waals surface area contributed by atoms with E-state index in [2.05, 4.69) is 9.72 Å². The molecule has 1 unspecified atom stereocenters. The van der Waals surface area contributed by atoms with E-state index < -0.39 is 30.0 Å². The molecule has 0 bridgehead atoms. The lowest BCUT2D eigenvalue weighted by Gasteiger charge is -2.38. The molecule has 11 heteroatoms. The summed E-state index contributed by atoms with van der Waals surface area (Å²) in [4.78, 5) is 31.7. The number of hydrogen-bond donors (Lipinski definition) is 0. The van der Waals surface area contributed by atoms with Crippen molar-refractivity contribution < 1.29 is 37.0 Å². The lowest BCUT2D eigenvalue weighted by atomic mass is 9.98. The van der Waals surface area contributed by atoms with E-state index in [4.69, 9.17) is 9.47 Å². The fourth-order valence-electron chi connectivity index (χ4n) is 3.70. The number of imidazole rings is 1. The molecule has 2 heterocycles. The van der Waals surface area contributed by atoms with Crippen LogP contribution in [0, 0.1) is 0 Å². The van der Waals surface area contributed by atoms with Gasteiger partial charge in [0.25, 0.3) is 5.91 Å². The third-order valence-electron chi connectivity index (χ3n) is 5.11. The highest BCUT2D eigenvalue weighted by atomic mass is 19.4. The second-order valence-electron chi connectivity index (χ2n) is 7.42. The number of halogens is 3. The zero-order chi connectivity index (χ0) is 23.3. The number of methoxy groups -OCH3 is 1. The van der Waals surface area contributed by atoms with Crippen molar-refractivity contribution in [2.45, 2.75) is 37.7 Å². The maximum Gasteiger partial charge on any atom is 0.573 e. The number of hydrogen-bond acceptors (Lipinski definition) is 6. The van der Waals surface area contributed by atoms with E-state index in [0.29, 0.717) is 31.6 Å². The molecule has 2 aromatic rings. The van der Waals surface area contributed by atoms with Crippen LogP contribution in [0.2, 0.25) is 0 Å². The first-order chi connectivity index (χ1) is 15.2. The molecule has 0 aliphatic carbocycles. The van der Waals surface area contributed by atoms with Gasteiger partial charge in [0.2, 0.25) is 0 Å². The summed E-state index contributed by atoms with van der Waals surface area (Å²) < 4.78 is 53.8. The minimum Gasteiger partial charge on any atom is -0.467 e. The van der Waals surface area contributed by atoms with E-state index in [1.165, 1.54) is 36.5 Å². The molecule has 1 aliphatic rings. The van der Waals surface area contributed by atoms with Gasteiger partial charge >= 0.3 is 12.3 Å². The van der Waals surface area contributed by atoms with Crippen molar-refractivity contribution in [2.24, 2.45) is 7.05 Å². The highest BCUT2D eigenvalue weighted by Crippen LogP contribution is 2.26. The monoisotopic (exact) mass is 455 g/mol. The maximum absolute atomic E-state index is 13.4. The third-order valence-corrected chi connectivity index (χ3v) is 5.11. The van der Waals surface area contributed by atoms with E-state index in [1.807, 2.05) is 0 Å². The lowest BCUT2D eigenvalue weighted by molar-refractivity contribution is -0.274. The molecule has 1 aromatic heterocycles. The van der Waals surface area contributed by atoms with Crippen molar-refractivity contribution in [3.05, 3.63) is 48.0 Å². The molecule has 1 atom stereocenters. The van der Waals surface area contributed by atoms with E-state index in [1.54, 1.807) is 23.9 Å². The van der Waals surface area contributed by atoms with E-state index >= 15 is 0 Å². The molecule has 174 valence electrons. The molecule has 1 aromatic carbocycles. The summed E-state index contributed by atoms with van der Waals surface area (Å²) in [7, 11) is 2.92. The van der Waals surface area contributed by atoms with Crippen LogP contribution in [0.15, 0.2) is 36.8 Å². The van der Waals surface area contributed by atoms with E-state index in [0.717, 1.165) is 0 Å². The topological polar surface area (TPSA) is 82.9 Å². The Morgan fingerprint density at radius 2 is 2.03 bits per heavy atom. The Hall–Kier alpha value is -3.08. The summed E-state index contributed by atoms with van der Waals surface area (Å²) >= 11 is 0. The summed E-state index contributed by atoms with van der Waals surface area (Å²) in [5.74, 6) is -1.55. The fourth-order valence-corrected chi connectivity index (χ4v) is 3.70. The van der Waals surface area contributed by atoms with Gasteiger partial charge in [0, 0.05) is 38.9 Å². The highest BCUT2D eigenvalue weighted by Gasteiger charge is 2.38. The van der Waals surface area contributed by atoms with Crippen LogP contribution in [-0.4, -0.2) is 65.1 Å². The fraction of sp³-hybridized carbons (Fsp3) is 0.476. The Morgan fingerprint density at radius 1 is 1.31 bits per heavy atom.